The summed E-state index contributed by atoms with van der Waals surface area (Å²) in [7, 11) is 0. The first-order valence-corrected chi connectivity index (χ1v) is 9.35. The molecule has 1 aromatic heterocycles. The molecule has 3 rings (SSSR count). The van der Waals surface area contributed by atoms with Crippen LogP contribution in [-0.2, 0) is 10.9 Å². The highest BCUT2D eigenvalue weighted by Gasteiger charge is 2.34. The molecule has 0 atom stereocenters. The third-order valence-electron chi connectivity index (χ3n) is 4.00. The molecule has 0 radical (unpaired) electrons. The van der Waals surface area contributed by atoms with Gasteiger partial charge < -0.3 is 20.1 Å². The molecule has 0 spiro atoms. The number of alkyl halides is 3. The molecule has 0 saturated carbocycles. The quantitative estimate of drug-likeness (QED) is 0.682. The van der Waals surface area contributed by atoms with E-state index in [9.17, 15) is 13.2 Å². The van der Waals surface area contributed by atoms with Crippen molar-refractivity contribution in [1.29, 1.82) is 0 Å². The van der Waals surface area contributed by atoms with Gasteiger partial charge in [0.15, 0.2) is 10.8 Å². The van der Waals surface area contributed by atoms with Gasteiger partial charge in [-0.1, -0.05) is 18.2 Å². The second kappa shape index (κ2) is 9.81. The van der Waals surface area contributed by atoms with Crippen molar-refractivity contribution >= 4 is 23.3 Å². The summed E-state index contributed by atoms with van der Waals surface area (Å²) in [5.74, 6) is -0.178. The molecule has 29 heavy (non-hydrogen) atoms. The van der Waals surface area contributed by atoms with Gasteiger partial charge in [-0.15, -0.1) is 0 Å². The number of hydrogen-bond donors (Lipinski definition) is 2. The van der Waals surface area contributed by atoms with Crippen LogP contribution in [0.4, 0.5) is 19.1 Å². The van der Waals surface area contributed by atoms with Crippen molar-refractivity contribution in [3.8, 4) is 11.6 Å². The number of para-hydroxylation sites is 1. The SMILES string of the molecule is FC(F)(F)c1cc(Oc2ccccc2)nc(NC(=S)NCCN2CCOCC2)n1. The van der Waals surface area contributed by atoms with Crippen LogP contribution in [0.2, 0.25) is 0 Å². The number of morpholine rings is 1. The van der Waals surface area contributed by atoms with Crippen LogP contribution < -0.4 is 15.4 Å². The van der Waals surface area contributed by atoms with Crippen LogP contribution in [-0.4, -0.2) is 59.4 Å². The Labute approximate surface area is 171 Å². The molecule has 0 bridgehead atoms. The Balaban J connectivity index is 1.63. The van der Waals surface area contributed by atoms with E-state index in [1.54, 1.807) is 30.3 Å². The van der Waals surface area contributed by atoms with Gasteiger partial charge in [0, 0.05) is 32.2 Å². The van der Waals surface area contributed by atoms with E-state index in [0.717, 1.165) is 25.7 Å². The number of nitrogens with zero attached hydrogens (tertiary/aromatic N) is 3. The Kier molecular flexibility index (Phi) is 7.18. The molecule has 0 aliphatic carbocycles. The normalized spacial score (nSPS) is 15.0. The smallest absolute Gasteiger partial charge is 0.433 e. The number of halogens is 3. The van der Waals surface area contributed by atoms with Crippen LogP contribution in [0.25, 0.3) is 0 Å². The van der Waals surface area contributed by atoms with Gasteiger partial charge in [-0.25, -0.2) is 4.98 Å². The van der Waals surface area contributed by atoms with E-state index in [-0.39, 0.29) is 16.9 Å². The second-order valence-electron chi connectivity index (χ2n) is 6.16. The van der Waals surface area contributed by atoms with Crippen molar-refractivity contribution in [3.63, 3.8) is 0 Å². The van der Waals surface area contributed by atoms with Crippen LogP contribution in [0, 0.1) is 0 Å². The number of rotatable bonds is 6. The number of ether oxygens (including phenoxy) is 2. The van der Waals surface area contributed by atoms with Crippen LogP contribution >= 0.6 is 12.2 Å². The zero-order chi connectivity index (χ0) is 20.7. The van der Waals surface area contributed by atoms with E-state index < -0.39 is 11.9 Å². The fourth-order valence-corrected chi connectivity index (χ4v) is 2.78. The minimum Gasteiger partial charge on any atom is -0.439 e. The maximum Gasteiger partial charge on any atom is 0.433 e. The monoisotopic (exact) mass is 427 g/mol. The van der Waals surface area contributed by atoms with Crippen LogP contribution in [0.15, 0.2) is 36.4 Å². The summed E-state index contributed by atoms with van der Waals surface area (Å²) in [6, 6.07) is 9.14. The maximum absolute atomic E-state index is 13.2. The lowest BCUT2D eigenvalue weighted by molar-refractivity contribution is -0.141. The van der Waals surface area contributed by atoms with Gasteiger partial charge in [0.25, 0.3) is 0 Å². The first kappa shape index (κ1) is 21.2. The van der Waals surface area contributed by atoms with Crippen molar-refractivity contribution in [2.75, 3.05) is 44.7 Å². The summed E-state index contributed by atoms with van der Waals surface area (Å²) >= 11 is 5.15. The molecule has 1 aliphatic rings. The molecule has 7 nitrogen and oxygen atoms in total. The minimum atomic E-state index is -4.65. The molecule has 1 fully saturated rings. The Hall–Kier alpha value is -2.50. The van der Waals surface area contributed by atoms with Gasteiger partial charge in [0.2, 0.25) is 11.8 Å². The Bertz CT molecular complexity index is 817. The lowest BCUT2D eigenvalue weighted by atomic mass is 10.3. The molecule has 0 unspecified atom stereocenters. The van der Waals surface area contributed by atoms with Gasteiger partial charge in [0.1, 0.15) is 5.75 Å². The molecular weight excluding hydrogens is 407 g/mol. The van der Waals surface area contributed by atoms with E-state index in [1.165, 1.54) is 0 Å². The summed E-state index contributed by atoms with van der Waals surface area (Å²) in [4.78, 5) is 9.68. The summed E-state index contributed by atoms with van der Waals surface area (Å²) in [5.41, 5.74) is -1.13. The Morgan fingerprint density at radius 2 is 1.90 bits per heavy atom. The zero-order valence-corrected chi connectivity index (χ0v) is 16.2. The van der Waals surface area contributed by atoms with Crippen molar-refractivity contribution in [3.05, 3.63) is 42.1 Å². The topological polar surface area (TPSA) is 71.5 Å². The molecule has 2 N–H and O–H groups in total. The van der Waals surface area contributed by atoms with Gasteiger partial charge in [-0.3, -0.25) is 4.90 Å². The lowest BCUT2D eigenvalue weighted by Gasteiger charge is -2.26. The van der Waals surface area contributed by atoms with E-state index in [4.69, 9.17) is 21.7 Å². The number of anilines is 1. The maximum atomic E-state index is 13.2. The van der Waals surface area contributed by atoms with Gasteiger partial charge in [-0.2, -0.15) is 18.2 Å². The van der Waals surface area contributed by atoms with E-state index in [0.29, 0.717) is 25.5 Å². The minimum absolute atomic E-state index is 0.128. The number of aromatic nitrogens is 2. The predicted octanol–water partition coefficient (Wildman–Crippen LogP) is 2.91. The first-order chi connectivity index (χ1) is 13.9. The largest absolute Gasteiger partial charge is 0.439 e. The van der Waals surface area contributed by atoms with Gasteiger partial charge in [0.05, 0.1) is 13.2 Å². The van der Waals surface area contributed by atoms with Crippen molar-refractivity contribution in [1.82, 2.24) is 20.2 Å². The fourth-order valence-electron chi connectivity index (χ4n) is 2.59. The predicted molar refractivity (Wildman–Crippen MR) is 105 cm³/mol. The van der Waals surface area contributed by atoms with Gasteiger partial charge >= 0.3 is 6.18 Å². The number of hydrogen-bond acceptors (Lipinski definition) is 6. The second-order valence-corrected chi connectivity index (χ2v) is 6.57. The lowest BCUT2D eigenvalue weighted by Crippen LogP contribution is -2.42. The number of thiocarbonyl (C=S) groups is 1. The number of nitrogens with one attached hydrogen (secondary N) is 2. The van der Waals surface area contributed by atoms with Crippen molar-refractivity contribution in [2.45, 2.75) is 6.18 Å². The van der Waals surface area contributed by atoms with Crippen molar-refractivity contribution in [2.24, 2.45) is 0 Å². The molecule has 11 heteroatoms. The van der Waals surface area contributed by atoms with Crippen molar-refractivity contribution < 1.29 is 22.6 Å². The summed E-state index contributed by atoms with van der Waals surface area (Å²) in [5, 5.41) is 5.66. The van der Waals surface area contributed by atoms with Crippen LogP contribution in [0.3, 0.4) is 0 Å². The molecular formula is C18H20F3N5O2S. The molecule has 1 aromatic carbocycles. The van der Waals surface area contributed by atoms with Crippen LogP contribution in [0.1, 0.15) is 5.69 Å². The van der Waals surface area contributed by atoms with E-state index >= 15 is 0 Å². The Morgan fingerprint density at radius 3 is 2.59 bits per heavy atom. The summed E-state index contributed by atoms with van der Waals surface area (Å²) < 4.78 is 50.3. The zero-order valence-electron chi connectivity index (χ0n) is 15.4. The summed E-state index contributed by atoms with van der Waals surface area (Å²) in [6.07, 6.45) is -4.65. The molecule has 2 aromatic rings. The molecule has 2 heterocycles. The molecule has 1 saturated heterocycles. The number of benzene rings is 1. The molecule has 156 valence electrons. The third kappa shape index (κ3) is 6.80. The van der Waals surface area contributed by atoms with Gasteiger partial charge in [-0.05, 0) is 24.4 Å². The van der Waals surface area contributed by atoms with E-state index in [1.807, 2.05) is 0 Å². The Morgan fingerprint density at radius 1 is 1.17 bits per heavy atom. The highest BCUT2D eigenvalue weighted by Crippen LogP contribution is 2.31. The standard InChI is InChI=1S/C18H20F3N5O2S/c19-18(20,21)14-12-15(28-13-4-2-1-3-5-13)24-16(23-14)25-17(29)22-6-7-26-8-10-27-11-9-26/h1-5,12H,6-11H2,(H2,22,23,24,25,29). The third-order valence-corrected chi connectivity index (χ3v) is 4.25. The summed E-state index contributed by atoms with van der Waals surface area (Å²) in [6.45, 7) is 4.29. The molecule has 1 aliphatic heterocycles. The average molecular weight is 427 g/mol. The average Bonchev–Trinajstić information content (AvgIpc) is 2.69. The highest BCUT2D eigenvalue weighted by atomic mass is 32.1. The molecule has 0 amide bonds. The fraction of sp³-hybridized carbons (Fsp3) is 0.389. The first-order valence-electron chi connectivity index (χ1n) is 8.94. The van der Waals surface area contributed by atoms with Crippen LogP contribution in [0.5, 0.6) is 11.6 Å². The highest BCUT2D eigenvalue weighted by molar-refractivity contribution is 7.80. The van der Waals surface area contributed by atoms with E-state index in [2.05, 4.69) is 25.5 Å².